The minimum atomic E-state index is -3.51. The van der Waals surface area contributed by atoms with Gasteiger partial charge in [0.05, 0.1) is 11.4 Å². The lowest BCUT2D eigenvalue weighted by molar-refractivity contribution is 0.600. The van der Waals surface area contributed by atoms with E-state index >= 15 is 0 Å². The molecular formula is C22H21N3O2S. The average Bonchev–Trinajstić information content (AvgIpc) is 3.06. The maximum atomic E-state index is 12.5. The molecule has 0 fully saturated rings. The van der Waals surface area contributed by atoms with Crippen molar-refractivity contribution in [2.45, 2.75) is 19.6 Å². The molecule has 0 bridgehead atoms. The van der Waals surface area contributed by atoms with Crippen LogP contribution in [0.3, 0.4) is 0 Å². The lowest BCUT2D eigenvalue weighted by Gasteiger charge is -2.09. The van der Waals surface area contributed by atoms with Crippen molar-refractivity contribution in [3.8, 4) is 11.3 Å². The van der Waals surface area contributed by atoms with Crippen molar-refractivity contribution >= 4 is 21.4 Å². The minimum absolute atomic E-state index is 0.0643. The number of benzene rings is 2. The molecule has 0 radical (unpaired) electrons. The Morgan fingerprint density at radius 2 is 1.75 bits per heavy atom. The van der Waals surface area contributed by atoms with E-state index in [0.717, 1.165) is 33.6 Å². The van der Waals surface area contributed by atoms with Crippen LogP contribution in [-0.2, 0) is 15.8 Å². The maximum absolute atomic E-state index is 12.5. The molecule has 2 aromatic heterocycles. The number of nitrogens with zero attached hydrogens (tertiary/aromatic N) is 2. The second-order valence-electron chi connectivity index (χ2n) is 7.02. The number of aryl methyl sites for hydroxylation is 2. The van der Waals surface area contributed by atoms with Gasteiger partial charge in [0.25, 0.3) is 0 Å². The Hall–Kier alpha value is -3.12. The summed E-state index contributed by atoms with van der Waals surface area (Å²) >= 11 is 0. The molecule has 0 atom stereocenters. The number of aromatic nitrogens is 2. The Balaban J connectivity index is 1.58. The molecule has 0 aliphatic rings. The number of sulfonamides is 1. The van der Waals surface area contributed by atoms with Gasteiger partial charge in [0.2, 0.25) is 10.0 Å². The molecule has 0 saturated carbocycles. The second-order valence-corrected chi connectivity index (χ2v) is 8.75. The monoisotopic (exact) mass is 391 g/mol. The fourth-order valence-corrected chi connectivity index (χ4v) is 4.27. The van der Waals surface area contributed by atoms with Gasteiger partial charge in [-0.3, -0.25) is 4.72 Å². The second kappa shape index (κ2) is 7.13. The molecular weight excluding hydrogens is 370 g/mol. The standard InChI is InChI=1S/C22H21N3O2S/c1-16-6-8-18(9-7-16)15-28(26,27)24-20-5-3-4-19(13-20)21-14-25-11-10-17(2)12-22(25)23-21/h3-14,24H,15H2,1-2H3. The molecule has 0 saturated heterocycles. The van der Waals surface area contributed by atoms with Gasteiger partial charge in [-0.05, 0) is 49.2 Å². The normalized spacial score (nSPS) is 11.6. The third-order valence-electron chi connectivity index (χ3n) is 4.52. The van der Waals surface area contributed by atoms with Crippen LogP contribution in [0.25, 0.3) is 16.9 Å². The van der Waals surface area contributed by atoms with Crippen LogP contribution in [0.5, 0.6) is 0 Å². The molecule has 5 nitrogen and oxygen atoms in total. The molecule has 4 aromatic rings. The average molecular weight is 391 g/mol. The largest absolute Gasteiger partial charge is 0.306 e. The number of rotatable bonds is 5. The number of hydrogen-bond donors (Lipinski definition) is 1. The van der Waals surface area contributed by atoms with Crippen LogP contribution >= 0.6 is 0 Å². The highest BCUT2D eigenvalue weighted by atomic mass is 32.2. The van der Waals surface area contributed by atoms with Crippen molar-refractivity contribution < 1.29 is 8.42 Å². The molecule has 4 rings (SSSR count). The zero-order valence-corrected chi connectivity index (χ0v) is 16.6. The van der Waals surface area contributed by atoms with Crippen LogP contribution in [0.4, 0.5) is 5.69 Å². The van der Waals surface area contributed by atoms with Crippen molar-refractivity contribution in [1.29, 1.82) is 0 Å². The van der Waals surface area contributed by atoms with E-state index in [1.807, 2.05) is 79.2 Å². The zero-order chi connectivity index (χ0) is 19.7. The smallest absolute Gasteiger partial charge is 0.236 e. The number of pyridine rings is 1. The van der Waals surface area contributed by atoms with Crippen molar-refractivity contribution in [3.63, 3.8) is 0 Å². The topological polar surface area (TPSA) is 63.5 Å². The molecule has 6 heteroatoms. The molecule has 1 N–H and O–H groups in total. The van der Waals surface area contributed by atoms with Gasteiger partial charge in [-0.1, -0.05) is 42.0 Å². The lowest BCUT2D eigenvalue weighted by Crippen LogP contribution is -2.15. The Bertz CT molecular complexity index is 1240. The highest BCUT2D eigenvalue weighted by Crippen LogP contribution is 2.24. The molecule has 142 valence electrons. The van der Waals surface area contributed by atoms with Crippen LogP contribution in [-0.4, -0.2) is 17.8 Å². The Kier molecular flexibility index (Phi) is 4.65. The van der Waals surface area contributed by atoms with Crippen molar-refractivity contribution in [2.75, 3.05) is 4.72 Å². The molecule has 0 amide bonds. The van der Waals surface area contributed by atoms with Gasteiger partial charge >= 0.3 is 0 Å². The van der Waals surface area contributed by atoms with Crippen LogP contribution < -0.4 is 4.72 Å². The first kappa shape index (κ1) is 18.3. The molecule has 28 heavy (non-hydrogen) atoms. The summed E-state index contributed by atoms with van der Waals surface area (Å²) in [7, 11) is -3.51. The Morgan fingerprint density at radius 3 is 2.54 bits per heavy atom. The lowest BCUT2D eigenvalue weighted by atomic mass is 10.1. The summed E-state index contributed by atoms with van der Waals surface area (Å²) in [6, 6.07) is 18.8. The van der Waals surface area contributed by atoms with Crippen molar-refractivity contribution in [3.05, 3.63) is 89.7 Å². The molecule has 0 aliphatic carbocycles. The van der Waals surface area contributed by atoms with E-state index < -0.39 is 10.0 Å². The van der Waals surface area contributed by atoms with E-state index in [9.17, 15) is 8.42 Å². The number of nitrogens with one attached hydrogen (secondary N) is 1. The van der Waals surface area contributed by atoms with E-state index in [1.54, 1.807) is 12.1 Å². The van der Waals surface area contributed by atoms with Gasteiger partial charge < -0.3 is 4.40 Å². The van der Waals surface area contributed by atoms with Gasteiger partial charge in [0.1, 0.15) is 5.65 Å². The van der Waals surface area contributed by atoms with Crippen LogP contribution in [0, 0.1) is 13.8 Å². The Labute approximate surface area is 164 Å². The summed E-state index contributed by atoms with van der Waals surface area (Å²) < 4.78 is 29.7. The van der Waals surface area contributed by atoms with Crippen molar-refractivity contribution in [2.24, 2.45) is 0 Å². The number of fused-ring (bicyclic) bond motifs is 1. The first-order valence-corrected chi connectivity index (χ1v) is 10.6. The number of anilines is 1. The third-order valence-corrected chi connectivity index (χ3v) is 5.78. The van der Waals surface area contributed by atoms with Crippen LogP contribution in [0.15, 0.2) is 73.1 Å². The summed E-state index contributed by atoms with van der Waals surface area (Å²) in [5, 5.41) is 0. The summed E-state index contributed by atoms with van der Waals surface area (Å²) in [6.45, 7) is 4.00. The quantitative estimate of drug-likeness (QED) is 0.542. The third kappa shape index (κ3) is 4.07. The molecule has 2 aromatic carbocycles. The molecule has 2 heterocycles. The van der Waals surface area contributed by atoms with Gasteiger partial charge in [0, 0.05) is 23.6 Å². The van der Waals surface area contributed by atoms with Crippen molar-refractivity contribution in [1.82, 2.24) is 9.38 Å². The molecule has 0 spiro atoms. The van der Waals surface area contributed by atoms with Gasteiger partial charge in [-0.25, -0.2) is 13.4 Å². The van der Waals surface area contributed by atoms with E-state index in [0.29, 0.717) is 5.69 Å². The van der Waals surface area contributed by atoms with Gasteiger partial charge in [-0.15, -0.1) is 0 Å². The highest BCUT2D eigenvalue weighted by molar-refractivity contribution is 7.91. The molecule has 0 aliphatic heterocycles. The van der Waals surface area contributed by atoms with E-state index in [4.69, 9.17) is 0 Å². The fourth-order valence-electron chi connectivity index (χ4n) is 3.08. The maximum Gasteiger partial charge on any atom is 0.236 e. The van der Waals surface area contributed by atoms with Crippen LogP contribution in [0.1, 0.15) is 16.7 Å². The first-order valence-electron chi connectivity index (χ1n) is 9.00. The predicted molar refractivity (Wildman–Crippen MR) is 113 cm³/mol. The van der Waals surface area contributed by atoms with Crippen LogP contribution in [0.2, 0.25) is 0 Å². The first-order chi connectivity index (χ1) is 13.4. The van der Waals surface area contributed by atoms with Gasteiger partial charge in [-0.2, -0.15) is 0 Å². The SMILES string of the molecule is Cc1ccc(CS(=O)(=O)Nc2cccc(-c3cn4ccc(C)cc4n3)c2)cc1. The van der Waals surface area contributed by atoms with E-state index in [2.05, 4.69) is 9.71 Å². The van der Waals surface area contributed by atoms with E-state index in [-0.39, 0.29) is 5.75 Å². The number of imidazole rings is 1. The van der Waals surface area contributed by atoms with E-state index in [1.165, 1.54) is 0 Å². The summed E-state index contributed by atoms with van der Waals surface area (Å²) in [5.74, 6) is -0.0643. The fraction of sp³-hybridized carbons (Fsp3) is 0.136. The predicted octanol–water partition coefficient (Wildman–Crippen LogP) is 4.56. The summed E-state index contributed by atoms with van der Waals surface area (Å²) in [6.07, 6.45) is 3.91. The van der Waals surface area contributed by atoms with Gasteiger partial charge in [0.15, 0.2) is 0 Å². The minimum Gasteiger partial charge on any atom is -0.306 e. The summed E-state index contributed by atoms with van der Waals surface area (Å²) in [5.41, 5.74) is 6.04. The highest BCUT2D eigenvalue weighted by Gasteiger charge is 2.13. The summed E-state index contributed by atoms with van der Waals surface area (Å²) in [4.78, 5) is 4.64. The molecule has 0 unspecified atom stereocenters. The zero-order valence-electron chi connectivity index (χ0n) is 15.8. The number of hydrogen-bond acceptors (Lipinski definition) is 3. The Morgan fingerprint density at radius 1 is 0.964 bits per heavy atom.